The van der Waals surface area contributed by atoms with Crippen LogP contribution in [0.2, 0.25) is 0 Å². The number of aryl methyl sites for hydroxylation is 1. The number of allylic oxidation sites excluding steroid dienone is 1. The lowest BCUT2D eigenvalue weighted by atomic mass is 10.1. The fourth-order valence-corrected chi connectivity index (χ4v) is 3.16. The second kappa shape index (κ2) is 5.11. The molecule has 0 aliphatic carbocycles. The molecule has 2 heterocycles. The smallest absolute Gasteiger partial charge is 0.235 e. The normalized spacial score (nSPS) is 15.0. The molecular weight excluding hydrogens is 325 g/mol. The maximum absolute atomic E-state index is 13.7. The third kappa shape index (κ3) is 2.18. The zero-order valence-corrected chi connectivity index (χ0v) is 13.5. The summed E-state index contributed by atoms with van der Waals surface area (Å²) in [6, 6.07) is 6.82. The van der Waals surface area contributed by atoms with Gasteiger partial charge in [-0.3, -0.25) is 4.79 Å². The number of hydrogen-bond acceptors (Lipinski definition) is 4. The molecule has 0 saturated heterocycles. The molecule has 0 unspecified atom stereocenters. The van der Waals surface area contributed by atoms with Gasteiger partial charge in [0.25, 0.3) is 0 Å². The van der Waals surface area contributed by atoms with Gasteiger partial charge in [-0.1, -0.05) is 0 Å². The van der Waals surface area contributed by atoms with Gasteiger partial charge in [-0.15, -0.1) is 0 Å². The van der Waals surface area contributed by atoms with Gasteiger partial charge < -0.3 is 19.5 Å². The summed E-state index contributed by atoms with van der Waals surface area (Å²) in [5.41, 5.74) is 2.34. The van der Waals surface area contributed by atoms with Crippen LogP contribution in [0.1, 0.15) is 21.6 Å². The Morgan fingerprint density at radius 3 is 2.72 bits per heavy atom. The number of phenols is 2. The number of benzene rings is 2. The van der Waals surface area contributed by atoms with E-state index in [4.69, 9.17) is 4.74 Å². The Labute approximate surface area is 142 Å². The molecule has 0 atom stereocenters. The van der Waals surface area contributed by atoms with Crippen molar-refractivity contribution in [3.63, 3.8) is 0 Å². The standard InChI is InChI=1S/C19H14FNO4/c1-9-12(13-5-10(20)3-4-14(13)21(9)2)8-17-19(24)18-15(23)6-11(22)7-16(18)25-17/h3-8,22-23H,1-2H3/b17-8+. The molecule has 25 heavy (non-hydrogen) atoms. The first-order chi connectivity index (χ1) is 11.9. The monoisotopic (exact) mass is 339 g/mol. The van der Waals surface area contributed by atoms with Crippen LogP contribution in [0.15, 0.2) is 36.1 Å². The molecular formula is C19H14FNO4. The first-order valence-corrected chi connectivity index (χ1v) is 7.61. The van der Waals surface area contributed by atoms with Crippen LogP contribution in [0, 0.1) is 12.7 Å². The predicted octanol–water partition coefficient (Wildman–Crippen LogP) is 3.65. The molecule has 0 bridgehead atoms. The van der Waals surface area contributed by atoms with E-state index in [0.29, 0.717) is 10.9 Å². The van der Waals surface area contributed by atoms with Crippen LogP contribution < -0.4 is 4.74 Å². The zero-order valence-electron chi connectivity index (χ0n) is 13.5. The van der Waals surface area contributed by atoms with Crippen molar-refractivity contribution < 1.29 is 24.1 Å². The van der Waals surface area contributed by atoms with Crippen LogP contribution >= 0.6 is 0 Å². The van der Waals surface area contributed by atoms with Gasteiger partial charge in [0.15, 0.2) is 5.76 Å². The summed E-state index contributed by atoms with van der Waals surface area (Å²) in [6.45, 7) is 1.86. The summed E-state index contributed by atoms with van der Waals surface area (Å²) in [6.07, 6.45) is 1.54. The number of aromatic nitrogens is 1. The van der Waals surface area contributed by atoms with Crippen LogP contribution in [0.5, 0.6) is 17.2 Å². The van der Waals surface area contributed by atoms with Crippen molar-refractivity contribution in [2.75, 3.05) is 0 Å². The highest BCUT2D eigenvalue weighted by Gasteiger charge is 2.31. The summed E-state index contributed by atoms with van der Waals surface area (Å²) in [4.78, 5) is 12.5. The van der Waals surface area contributed by atoms with E-state index in [1.54, 1.807) is 6.07 Å². The molecule has 126 valence electrons. The van der Waals surface area contributed by atoms with Gasteiger partial charge in [0.2, 0.25) is 5.78 Å². The number of halogens is 1. The lowest BCUT2D eigenvalue weighted by Crippen LogP contribution is -1.99. The third-order valence-corrected chi connectivity index (χ3v) is 4.52. The summed E-state index contributed by atoms with van der Waals surface area (Å²) in [7, 11) is 1.85. The SMILES string of the molecule is Cc1c(/C=C2/Oc3cc(O)cc(O)c3C2=O)c2cc(F)ccc2n1C. The number of Topliss-reactive ketones (excluding diaryl/α,β-unsaturated/α-hetero) is 1. The minimum absolute atomic E-state index is 0.00752. The predicted molar refractivity (Wildman–Crippen MR) is 90.3 cm³/mol. The second-order valence-electron chi connectivity index (χ2n) is 6.00. The second-order valence-corrected chi connectivity index (χ2v) is 6.00. The van der Waals surface area contributed by atoms with E-state index in [9.17, 15) is 19.4 Å². The Bertz CT molecular complexity index is 1090. The number of carbonyl (C=O) groups is 1. The van der Waals surface area contributed by atoms with Crippen molar-refractivity contribution in [2.24, 2.45) is 7.05 Å². The van der Waals surface area contributed by atoms with Gasteiger partial charge in [0, 0.05) is 41.3 Å². The molecule has 6 heteroatoms. The minimum Gasteiger partial charge on any atom is -0.508 e. The number of rotatable bonds is 1. The van der Waals surface area contributed by atoms with E-state index in [-0.39, 0.29) is 34.4 Å². The van der Waals surface area contributed by atoms with Crippen molar-refractivity contribution >= 4 is 22.8 Å². The lowest BCUT2D eigenvalue weighted by molar-refractivity contribution is 0.101. The van der Waals surface area contributed by atoms with Crippen LogP contribution in [-0.2, 0) is 7.05 Å². The molecule has 1 aromatic heterocycles. The number of nitrogens with zero attached hydrogens (tertiary/aromatic N) is 1. The van der Waals surface area contributed by atoms with Gasteiger partial charge in [0.05, 0.1) is 0 Å². The molecule has 5 nitrogen and oxygen atoms in total. The van der Waals surface area contributed by atoms with E-state index in [1.807, 2.05) is 18.5 Å². The van der Waals surface area contributed by atoms with E-state index in [1.165, 1.54) is 24.3 Å². The number of ether oxygens (including phenoxy) is 1. The summed E-state index contributed by atoms with van der Waals surface area (Å²) < 4.78 is 21.1. The Morgan fingerprint density at radius 1 is 1.20 bits per heavy atom. The zero-order chi connectivity index (χ0) is 17.9. The summed E-state index contributed by atoms with van der Waals surface area (Å²) in [5, 5.41) is 20.1. The maximum Gasteiger partial charge on any atom is 0.235 e. The van der Waals surface area contributed by atoms with Crippen LogP contribution in [0.25, 0.3) is 17.0 Å². The molecule has 2 N–H and O–H groups in total. The van der Waals surface area contributed by atoms with Gasteiger partial charge in [-0.05, 0) is 31.2 Å². The molecule has 0 fully saturated rings. The fraction of sp³-hybridized carbons (Fsp3) is 0.105. The van der Waals surface area contributed by atoms with Gasteiger partial charge >= 0.3 is 0 Å². The first kappa shape index (κ1) is 15.3. The molecule has 0 amide bonds. The van der Waals surface area contributed by atoms with Crippen molar-refractivity contribution in [1.82, 2.24) is 4.57 Å². The first-order valence-electron chi connectivity index (χ1n) is 7.61. The maximum atomic E-state index is 13.7. The van der Waals surface area contributed by atoms with Crippen LogP contribution in [0.4, 0.5) is 4.39 Å². The molecule has 0 radical (unpaired) electrons. The molecule has 0 saturated carbocycles. The number of fused-ring (bicyclic) bond motifs is 2. The molecule has 0 spiro atoms. The lowest BCUT2D eigenvalue weighted by Gasteiger charge is -2.00. The molecule has 1 aliphatic heterocycles. The molecule has 2 aromatic carbocycles. The topological polar surface area (TPSA) is 71.7 Å². The molecule has 3 aromatic rings. The fourth-order valence-electron chi connectivity index (χ4n) is 3.16. The minimum atomic E-state index is -0.486. The Morgan fingerprint density at radius 2 is 1.96 bits per heavy atom. The Hall–Kier alpha value is -3.28. The number of aromatic hydroxyl groups is 2. The highest BCUT2D eigenvalue weighted by molar-refractivity contribution is 6.17. The molecule has 1 aliphatic rings. The van der Waals surface area contributed by atoms with E-state index < -0.39 is 5.78 Å². The number of hydrogen-bond donors (Lipinski definition) is 2. The van der Waals surface area contributed by atoms with Gasteiger partial charge in [-0.25, -0.2) is 4.39 Å². The highest BCUT2D eigenvalue weighted by atomic mass is 19.1. The van der Waals surface area contributed by atoms with E-state index in [2.05, 4.69) is 0 Å². The average Bonchev–Trinajstić information content (AvgIpc) is 2.97. The molecule has 4 rings (SSSR count). The number of ketones is 1. The van der Waals surface area contributed by atoms with E-state index >= 15 is 0 Å². The van der Waals surface area contributed by atoms with Crippen molar-refractivity contribution in [1.29, 1.82) is 0 Å². The van der Waals surface area contributed by atoms with Crippen molar-refractivity contribution in [3.05, 3.63) is 58.7 Å². The summed E-state index contributed by atoms with van der Waals surface area (Å²) >= 11 is 0. The average molecular weight is 339 g/mol. The Kier molecular flexibility index (Phi) is 3.12. The van der Waals surface area contributed by atoms with Crippen molar-refractivity contribution in [2.45, 2.75) is 6.92 Å². The largest absolute Gasteiger partial charge is 0.508 e. The Balaban J connectivity index is 1.90. The number of carbonyl (C=O) groups excluding carboxylic acids is 1. The quantitative estimate of drug-likeness (QED) is 0.664. The van der Waals surface area contributed by atoms with Gasteiger partial charge in [-0.2, -0.15) is 0 Å². The van der Waals surface area contributed by atoms with E-state index in [0.717, 1.165) is 17.3 Å². The van der Waals surface area contributed by atoms with Crippen LogP contribution in [0.3, 0.4) is 0 Å². The third-order valence-electron chi connectivity index (χ3n) is 4.52. The van der Waals surface area contributed by atoms with Gasteiger partial charge in [0.1, 0.15) is 28.6 Å². The highest BCUT2D eigenvalue weighted by Crippen LogP contribution is 2.41. The summed E-state index contributed by atoms with van der Waals surface area (Å²) in [5.74, 6) is -1.30. The van der Waals surface area contributed by atoms with Crippen LogP contribution in [-0.4, -0.2) is 20.6 Å². The van der Waals surface area contributed by atoms with Crippen molar-refractivity contribution in [3.8, 4) is 17.2 Å². The number of phenolic OH excluding ortho intramolecular Hbond substituents is 2.